The molecular weight excluding hydrogens is 240 g/mol. The third-order valence-corrected chi connectivity index (χ3v) is 3.32. The highest BCUT2D eigenvalue weighted by Gasteiger charge is 2.20. The molecule has 0 aliphatic heterocycles. The number of ether oxygens (including phenoxy) is 2. The van der Waals surface area contributed by atoms with Crippen molar-refractivity contribution in [2.45, 2.75) is 12.8 Å². The summed E-state index contributed by atoms with van der Waals surface area (Å²) in [5.74, 6) is 1.61. The third kappa shape index (κ3) is 5.49. The Morgan fingerprint density at radius 2 is 1.95 bits per heavy atom. The van der Waals surface area contributed by atoms with Crippen molar-refractivity contribution in [1.82, 2.24) is 4.90 Å². The Kier molecular flexibility index (Phi) is 5.48. The highest BCUT2D eigenvalue weighted by atomic mass is 16.5. The molecule has 0 aromatic heterocycles. The Hall–Kier alpha value is -1.26. The van der Waals surface area contributed by atoms with Crippen molar-refractivity contribution in [3.05, 3.63) is 24.3 Å². The van der Waals surface area contributed by atoms with E-state index in [9.17, 15) is 0 Å². The molecular formula is C15H24N2O2. The number of nitrogens with two attached hydrogens (primary N) is 1. The quantitative estimate of drug-likeness (QED) is 0.547. The summed E-state index contributed by atoms with van der Waals surface area (Å²) in [5, 5.41) is 0. The largest absolute Gasteiger partial charge is 0.490 e. The van der Waals surface area contributed by atoms with E-state index in [1.54, 1.807) is 0 Å². The number of hydrogen-bond acceptors (Lipinski definition) is 4. The van der Waals surface area contributed by atoms with Gasteiger partial charge in [-0.15, -0.1) is 0 Å². The summed E-state index contributed by atoms with van der Waals surface area (Å²) in [7, 11) is 2.08. The lowest BCUT2D eigenvalue weighted by molar-refractivity contribution is 0.0992. The number of para-hydroxylation sites is 2. The first-order chi connectivity index (χ1) is 9.25. The monoisotopic (exact) mass is 264 g/mol. The molecule has 0 saturated heterocycles. The third-order valence-electron chi connectivity index (χ3n) is 3.32. The van der Waals surface area contributed by atoms with E-state index in [-0.39, 0.29) is 0 Å². The lowest BCUT2D eigenvalue weighted by Gasteiger charge is -2.17. The standard InChI is InChI=1S/C15H24N2O2/c1-17(8-10-18-12-13-6-7-13)9-11-19-15-5-3-2-4-14(15)16/h2-5,13H,6-12,16H2,1H3. The van der Waals surface area contributed by atoms with Gasteiger partial charge in [-0.2, -0.15) is 0 Å². The molecule has 2 N–H and O–H groups in total. The molecule has 0 heterocycles. The van der Waals surface area contributed by atoms with Gasteiger partial charge in [0.15, 0.2) is 0 Å². The fourth-order valence-electron chi connectivity index (χ4n) is 1.79. The van der Waals surface area contributed by atoms with Crippen LogP contribution in [0.3, 0.4) is 0 Å². The summed E-state index contributed by atoms with van der Waals surface area (Å²) in [6.45, 7) is 4.21. The first-order valence-electron chi connectivity index (χ1n) is 6.99. The van der Waals surface area contributed by atoms with Gasteiger partial charge in [-0.05, 0) is 37.9 Å². The molecule has 1 aliphatic rings. The fourth-order valence-corrected chi connectivity index (χ4v) is 1.79. The van der Waals surface area contributed by atoms with Gasteiger partial charge in [0.1, 0.15) is 12.4 Å². The van der Waals surface area contributed by atoms with E-state index >= 15 is 0 Å². The summed E-state index contributed by atoms with van der Waals surface area (Å²) in [5.41, 5.74) is 6.50. The molecule has 0 unspecified atom stereocenters. The maximum Gasteiger partial charge on any atom is 0.142 e. The zero-order valence-corrected chi connectivity index (χ0v) is 11.7. The maximum absolute atomic E-state index is 5.81. The molecule has 1 aliphatic carbocycles. The first-order valence-corrected chi connectivity index (χ1v) is 6.99. The molecule has 19 heavy (non-hydrogen) atoms. The molecule has 1 aromatic rings. The minimum Gasteiger partial charge on any atom is -0.490 e. The molecule has 2 rings (SSSR count). The SMILES string of the molecule is CN(CCOCC1CC1)CCOc1ccccc1N. The van der Waals surface area contributed by atoms with Gasteiger partial charge >= 0.3 is 0 Å². The van der Waals surface area contributed by atoms with Crippen molar-refractivity contribution in [2.24, 2.45) is 5.92 Å². The molecule has 0 atom stereocenters. The normalized spacial score (nSPS) is 14.8. The van der Waals surface area contributed by atoms with E-state index in [1.807, 2.05) is 24.3 Å². The van der Waals surface area contributed by atoms with E-state index < -0.39 is 0 Å². The van der Waals surface area contributed by atoms with Gasteiger partial charge in [0, 0.05) is 19.7 Å². The van der Waals surface area contributed by atoms with E-state index in [4.69, 9.17) is 15.2 Å². The van der Waals surface area contributed by atoms with Crippen molar-refractivity contribution < 1.29 is 9.47 Å². The smallest absolute Gasteiger partial charge is 0.142 e. The lowest BCUT2D eigenvalue weighted by Crippen LogP contribution is -2.28. The minimum atomic E-state index is 0.646. The van der Waals surface area contributed by atoms with Crippen LogP contribution in [-0.4, -0.2) is 44.9 Å². The molecule has 1 fully saturated rings. The predicted octanol–water partition coefficient (Wildman–Crippen LogP) is 2.01. The molecule has 0 radical (unpaired) electrons. The van der Waals surface area contributed by atoms with Gasteiger partial charge in [0.2, 0.25) is 0 Å². The Labute approximate surface area is 115 Å². The molecule has 106 valence electrons. The average Bonchev–Trinajstić information content (AvgIpc) is 3.21. The number of nitrogens with zero attached hydrogens (tertiary/aromatic N) is 1. The second kappa shape index (κ2) is 7.36. The van der Waals surface area contributed by atoms with Crippen LogP contribution in [0, 0.1) is 5.92 Å². The molecule has 1 aromatic carbocycles. The van der Waals surface area contributed by atoms with Crippen LogP contribution in [-0.2, 0) is 4.74 Å². The van der Waals surface area contributed by atoms with Crippen LogP contribution in [0.5, 0.6) is 5.75 Å². The molecule has 4 nitrogen and oxygen atoms in total. The molecule has 1 saturated carbocycles. The Balaban J connectivity index is 1.53. The summed E-state index contributed by atoms with van der Waals surface area (Å²) in [6, 6.07) is 7.59. The highest BCUT2D eigenvalue weighted by molar-refractivity contribution is 5.51. The van der Waals surface area contributed by atoms with Crippen LogP contribution in [0.25, 0.3) is 0 Å². The second-order valence-electron chi connectivity index (χ2n) is 5.21. The van der Waals surface area contributed by atoms with Crippen LogP contribution < -0.4 is 10.5 Å². The van der Waals surface area contributed by atoms with E-state index in [0.29, 0.717) is 12.3 Å². The number of rotatable bonds is 9. The number of benzene rings is 1. The topological polar surface area (TPSA) is 47.7 Å². The van der Waals surface area contributed by atoms with Gasteiger partial charge < -0.3 is 20.1 Å². The van der Waals surface area contributed by atoms with Crippen LogP contribution in [0.1, 0.15) is 12.8 Å². The van der Waals surface area contributed by atoms with E-state index in [1.165, 1.54) is 12.8 Å². The van der Waals surface area contributed by atoms with Gasteiger partial charge in [-0.1, -0.05) is 12.1 Å². The molecule has 0 bridgehead atoms. The zero-order chi connectivity index (χ0) is 13.5. The highest BCUT2D eigenvalue weighted by Crippen LogP contribution is 2.28. The van der Waals surface area contributed by atoms with Crippen molar-refractivity contribution in [3.63, 3.8) is 0 Å². The van der Waals surface area contributed by atoms with Crippen molar-refractivity contribution in [2.75, 3.05) is 45.7 Å². The minimum absolute atomic E-state index is 0.646. The fraction of sp³-hybridized carbons (Fsp3) is 0.600. The van der Waals surface area contributed by atoms with Crippen molar-refractivity contribution in [1.29, 1.82) is 0 Å². The van der Waals surface area contributed by atoms with Crippen LogP contribution in [0.2, 0.25) is 0 Å². The predicted molar refractivity (Wildman–Crippen MR) is 77.4 cm³/mol. The van der Waals surface area contributed by atoms with Gasteiger partial charge in [-0.25, -0.2) is 0 Å². The summed E-state index contributed by atoms with van der Waals surface area (Å²) >= 11 is 0. The van der Waals surface area contributed by atoms with Gasteiger partial charge in [0.05, 0.1) is 12.3 Å². The van der Waals surface area contributed by atoms with Crippen LogP contribution in [0.15, 0.2) is 24.3 Å². The molecule has 0 amide bonds. The van der Waals surface area contributed by atoms with Gasteiger partial charge in [-0.3, -0.25) is 0 Å². The zero-order valence-electron chi connectivity index (χ0n) is 11.7. The lowest BCUT2D eigenvalue weighted by atomic mass is 10.3. The average molecular weight is 264 g/mol. The van der Waals surface area contributed by atoms with Crippen molar-refractivity contribution >= 4 is 5.69 Å². The maximum atomic E-state index is 5.81. The van der Waals surface area contributed by atoms with Crippen LogP contribution >= 0.6 is 0 Å². The van der Waals surface area contributed by atoms with Gasteiger partial charge in [0.25, 0.3) is 0 Å². The van der Waals surface area contributed by atoms with Crippen LogP contribution in [0.4, 0.5) is 5.69 Å². The number of likely N-dealkylation sites (N-methyl/N-ethyl adjacent to an activating group) is 1. The number of nitrogen functional groups attached to an aromatic ring is 1. The Morgan fingerprint density at radius 1 is 1.21 bits per heavy atom. The number of anilines is 1. The summed E-state index contributed by atoms with van der Waals surface area (Å²) < 4.78 is 11.3. The Bertz CT molecular complexity index is 380. The summed E-state index contributed by atoms with van der Waals surface area (Å²) in [4.78, 5) is 2.21. The summed E-state index contributed by atoms with van der Waals surface area (Å²) in [6.07, 6.45) is 2.70. The first kappa shape index (κ1) is 14.2. The van der Waals surface area contributed by atoms with Crippen molar-refractivity contribution in [3.8, 4) is 5.75 Å². The van der Waals surface area contributed by atoms with E-state index in [0.717, 1.165) is 38.0 Å². The number of hydrogen-bond donors (Lipinski definition) is 1. The Morgan fingerprint density at radius 3 is 2.68 bits per heavy atom. The molecule has 4 heteroatoms. The van der Waals surface area contributed by atoms with E-state index in [2.05, 4.69) is 11.9 Å². The molecule has 0 spiro atoms. The second-order valence-corrected chi connectivity index (χ2v) is 5.21.